The molecule has 0 unspecified atom stereocenters. The second-order valence-corrected chi connectivity index (χ2v) is 13.0. The molecule has 3 aromatic rings. The van der Waals surface area contributed by atoms with Gasteiger partial charge in [0, 0.05) is 51.0 Å². The molecule has 2 N–H and O–H groups in total. The van der Waals surface area contributed by atoms with Crippen molar-refractivity contribution >= 4 is 17.5 Å². The number of hydrogen-bond acceptors (Lipinski definition) is 7. The van der Waals surface area contributed by atoms with Crippen LogP contribution in [-0.4, -0.2) is 86.0 Å². The first kappa shape index (κ1) is 33.2. The maximum absolute atomic E-state index is 14.2. The molecule has 3 aromatic heterocycles. The average molecular weight is 667 g/mol. The number of rotatable bonds is 10. The molecule has 6 rings (SSSR count). The van der Waals surface area contributed by atoms with Gasteiger partial charge in [-0.3, -0.25) is 19.2 Å². The van der Waals surface area contributed by atoms with Gasteiger partial charge in [-0.15, -0.1) is 0 Å². The van der Waals surface area contributed by atoms with Gasteiger partial charge in [-0.1, -0.05) is 0 Å². The molecule has 3 atom stereocenters. The first-order chi connectivity index (χ1) is 22.3. The zero-order chi connectivity index (χ0) is 33.5. The van der Waals surface area contributed by atoms with Crippen LogP contribution in [0.1, 0.15) is 72.5 Å². The molecule has 3 aliphatic rings. The van der Waals surface area contributed by atoms with Crippen LogP contribution in [0, 0.1) is 17.8 Å². The first-order valence-electron chi connectivity index (χ1n) is 16.0. The Morgan fingerprint density at radius 1 is 1.26 bits per heavy atom. The Morgan fingerprint density at radius 2 is 2.00 bits per heavy atom. The predicted molar refractivity (Wildman–Crippen MR) is 158 cm³/mol. The normalized spacial score (nSPS) is 23.1. The summed E-state index contributed by atoms with van der Waals surface area (Å²) in [5, 5.41) is 14.4. The summed E-state index contributed by atoms with van der Waals surface area (Å²) in [5.74, 6) is -6.54. The minimum atomic E-state index is -4.44. The fraction of sp³-hybridized carbons (Fsp3) is 0.645. The molecule has 0 aromatic carbocycles. The molecule has 0 radical (unpaired) electrons. The van der Waals surface area contributed by atoms with E-state index >= 15 is 0 Å². The number of piperidine rings is 1. The lowest BCUT2D eigenvalue weighted by atomic mass is 9.81. The number of carbonyl (C=O) groups excluding carboxylic acids is 2. The fourth-order valence-electron chi connectivity index (χ4n) is 6.73. The van der Waals surface area contributed by atoms with Crippen LogP contribution in [0.3, 0.4) is 0 Å². The number of imidazole rings is 1. The number of likely N-dealkylation sites (N-methyl/N-ethyl adjacent to an activating group) is 1. The van der Waals surface area contributed by atoms with E-state index in [4.69, 9.17) is 14.8 Å². The summed E-state index contributed by atoms with van der Waals surface area (Å²) in [4.78, 5) is 33.0. The van der Waals surface area contributed by atoms with Gasteiger partial charge in [0.1, 0.15) is 5.69 Å². The lowest BCUT2D eigenvalue weighted by Gasteiger charge is -2.35. The minimum absolute atomic E-state index is 0.00884. The third-order valence-corrected chi connectivity index (χ3v) is 9.75. The Bertz CT molecular complexity index is 1590. The Balaban J connectivity index is 1.34. The fourth-order valence-corrected chi connectivity index (χ4v) is 6.73. The van der Waals surface area contributed by atoms with Gasteiger partial charge in [0.15, 0.2) is 5.65 Å². The molecule has 5 heterocycles. The van der Waals surface area contributed by atoms with E-state index in [1.54, 1.807) is 23.0 Å². The molecule has 2 amide bonds. The number of aromatic nitrogens is 5. The van der Waals surface area contributed by atoms with E-state index in [1.807, 2.05) is 14.0 Å². The van der Waals surface area contributed by atoms with Gasteiger partial charge in [0.05, 0.1) is 48.8 Å². The number of halogens is 5. The van der Waals surface area contributed by atoms with E-state index < -0.39 is 48.3 Å². The molecule has 1 saturated carbocycles. The number of hydrogen-bond donors (Lipinski definition) is 2. The van der Waals surface area contributed by atoms with Gasteiger partial charge in [0.2, 0.25) is 11.8 Å². The van der Waals surface area contributed by atoms with Crippen molar-refractivity contribution in [2.75, 3.05) is 26.8 Å². The third-order valence-electron chi connectivity index (χ3n) is 9.75. The monoisotopic (exact) mass is 666 g/mol. The molecule has 0 spiro atoms. The standard InChI is InChI=1S/C31H39F5N8O3/c1-3-43-25(6-9-38-43)29(46)40-27(18-4-7-30(32,33)8-5-18)24-15-44-26(39-24)12-20(14-42(2)22-16-47-17-22)23(41-44)11-19-10-21(31(34,35)36)13-37-28(19)45/h6,9,12,15,18-19,21-22,27H,3-5,7-8,10-11,13-14,16-17H2,1-2H3,(H,37,45)(H,40,46)/t19-,21-,27+/m1/s1. The Hall–Kier alpha value is -3.66. The highest BCUT2D eigenvalue weighted by Gasteiger charge is 2.45. The molecule has 11 nitrogen and oxygen atoms in total. The van der Waals surface area contributed by atoms with Gasteiger partial charge in [-0.2, -0.15) is 23.4 Å². The SMILES string of the molecule is CCn1nccc1C(=O)N[C@H](c1cn2nc(C[C@H]3C[C@@H](C(F)(F)F)CNC3=O)c(CN(C)C3COC3)cc2n1)C1CCC(F)(F)CC1. The van der Waals surface area contributed by atoms with Crippen molar-refractivity contribution in [2.24, 2.45) is 17.8 Å². The quantitative estimate of drug-likeness (QED) is 0.315. The van der Waals surface area contributed by atoms with Crippen LogP contribution in [0.25, 0.3) is 5.65 Å². The molecule has 3 fully saturated rings. The maximum Gasteiger partial charge on any atom is 0.393 e. The number of aryl methyl sites for hydroxylation is 1. The highest BCUT2D eigenvalue weighted by molar-refractivity contribution is 5.92. The number of nitrogens with one attached hydrogen (secondary N) is 2. The molecular weight excluding hydrogens is 627 g/mol. The van der Waals surface area contributed by atoms with Crippen molar-refractivity contribution in [3.8, 4) is 0 Å². The van der Waals surface area contributed by atoms with Crippen LogP contribution in [0.15, 0.2) is 24.5 Å². The van der Waals surface area contributed by atoms with Crippen molar-refractivity contribution in [1.82, 2.24) is 39.9 Å². The van der Waals surface area contributed by atoms with E-state index in [1.165, 1.54) is 10.7 Å². The van der Waals surface area contributed by atoms with Crippen molar-refractivity contribution in [3.05, 3.63) is 47.2 Å². The van der Waals surface area contributed by atoms with Crippen LogP contribution in [0.5, 0.6) is 0 Å². The molecule has 47 heavy (non-hydrogen) atoms. The van der Waals surface area contributed by atoms with Crippen LogP contribution < -0.4 is 10.6 Å². The van der Waals surface area contributed by atoms with Crippen LogP contribution in [0.4, 0.5) is 22.0 Å². The van der Waals surface area contributed by atoms with E-state index in [0.29, 0.717) is 54.6 Å². The van der Waals surface area contributed by atoms with E-state index in [-0.39, 0.29) is 50.5 Å². The number of ether oxygens (including phenoxy) is 1. The number of carbonyl (C=O) groups is 2. The number of alkyl halides is 5. The van der Waals surface area contributed by atoms with E-state index in [9.17, 15) is 31.5 Å². The van der Waals surface area contributed by atoms with E-state index in [2.05, 4.69) is 20.6 Å². The van der Waals surface area contributed by atoms with Gasteiger partial charge in [-0.25, -0.2) is 18.3 Å². The lowest BCUT2D eigenvalue weighted by Crippen LogP contribution is -2.47. The minimum Gasteiger partial charge on any atom is -0.378 e. The van der Waals surface area contributed by atoms with Crippen LogP contribution in [0.2, 0.25) is 0 Å². The van der Waals surface area contributed by atoms with Crippen molar-refractivity contribution < 1.29 is 36.3 Å². The third kappa shape index (κ3) is 7.27. The van der Waals surface area contributed by atoms with Crippen LogP contribution in [-0.2, 0) is 29.0 Å². The molecule has 16 heteroatoms. The number of nitrogens with zero attached hydrogens (tertiary/aromatic N) is 6. The molecule has 1 aliphatic carbocycles. The maximum atomic E-state index is 14.2. The Labute approximate surface area is 268 Å². The first-order valence-corrected chi connectivity index (χ1v) is 16.0. The summed E-state index contributed by atoms with van der Waals surface area (Å²) in [6.45, 7) is 3.35. The van der Waals surface area contributed by atoms with Gasteiger partial charge >= 0.3 is 6.18 Å². The molecule has 2 aliphatic heterocycles. The van der Waals surface area contributed by atoms with Gasteiger partial charge < -0.3 is 15.4 Å². The Morgan fingerprint density at radius 3 is 2.66 bits per heavy atom. The number of amides is 2. The molecule has 0 bridgehead atoms. The number of fused-ring (bicyclic) bond motifs is 1. The predicted octanol–water partition coefficient (Wildman–Crippen LogP) is 3.93. The van der Waals surface area contributed by atoms with E-state index in [0.717, 1.165) is 0 Å². The Kier molecular flexibility index (Phi) is 9.26. The second kappa shape index (κ2) is 13.1. The van der Waals surface area contributed by atoms with Crippen molar-refractivity contribution in [1.29, 1.82) is 0 Å². The highest BCUT2D eigenvalue weighted by atomic mass is 19.4. The molecule has 256 valence electrons. The smallest absolute Gasteiger partial charge is 0.378 e. The summed E-state index contributed by atoms with van der Waals surface area (Å²) in [7, 11) is 1.91. The van der Waals surface area contributed by atoms with Gasteiger partial charge in [-0.05, 0) is 56.8 Å². The molecule has 2 saturated heterocycles. The zero-order valence-electron chi connectivity index (χ0n) is 26.3. The summed E-state index contributed by atoms with van der Waals surface area (Å²) in [5.41, 5.74) is 2.35. The van der Waals surface area contributed by atoms with Crippen molar-refractivity contribution in [2.45, 2.75) is 82.7 Å². The average Bonchev–Trinajstić information content (AvgIpc) is 3.62. The lowest BCUT2D eigenvalue weighted by molar-refractivity contribution is -0.183. The summed E-state index contributed by atoms with van der Waals surface area (Å²) in [6.07, 6.45) is -1.92. The molecular formula is C31H39F5N8O3. The summed E-state index contributed by atoms with van der Waals surface area (Å²) < 4.78 is 77.5. The topological polar surface area (TPSA) is 119 Å². The van der Waals surface area contributed by atoms with Gasteiger partial charge in [0.25, 0.3) is 5.91 Å². The van der Waals surface area contributed by atoms with Crippen LogP contribution >= 0.6 is 0 Å². The van der Waals surface area contributed by atoms with Crippen molar-refractivity contribution in [3.63, 3.8) is 0 Å². The highest BCUT2D eigenvalue weighted by Crippen LogP contribution is 2.41. The second-order valence-electron chi connectivity index (χ2n) is 13.0. The summed E-state index contributed by atoms with van der Waals surface area (Å²) in [6, 6.07) is 2.83. The largest absolute Gasteiger partial charge is 0.393 e. The zero-order valence-corrected chi connectivity index (χ0v) is 26.3. The summed E-state index contributed by atoms with van der Waals surface area (Å²) >= 11 is 0.